The second kappa shape index (κ2) is 3.64. The van der Waals surface area contributed by atoms with Crippen molar-refractivity contribution in [1.82, 2.24) is 9.97 Å². The summed E-state index contributed by atoms with van der Waals surface area (Å²) in [7, 11) is 0. The first-order valence-electron chi connectivity index (χ1n) is 4.14. The number of hydrogen-bond donors (Lipinski definition) is 1. The highest BCUT2D eigenvalue weighted by atomic mass is 35.5. The summed E-state index contributed by atoms with van der Waals surface area (Å²) in [6, 6.07) is 3.58. The lowest BCUT2D eigenvalue weighted by atomic mass is 10.1. The molecule has 0 aliphatic rings. The molecular formula is C10H8Cl2N2. The van der Waals surface area contributed by atoms with Crippen LogP contribution >= 0.6 is 23.2 Å². The molecule has 4 heteroatoms. The highest BCUT2D eigenvalue weighted by Gasteiger charge is 2.09. The van der Waals surface area contributed by atoms with E-state index in [0.717, 1.165) is 17.0 Å². The molecule has 1 heterocycles. The van der Waals surface area contributed by atoms with E-state index in [1.54, 1.807) is 18.5 Å². The number of aryl methyl sites for hydroxylation is 1. The molecule has 1 N–H and O–H groups in total. The third-order valence-corrected chi connectivity index (χ3v) is 2.50. The van der Waals surface area contributed by atoms with Gasteiger partial charge in [-0.2, -0.15) is 0 Å². The number of imidazole rings is 1. The summed E-state index contributed by atoms with van der Waals surface area (Å²) in [5.74, 6) is 0.768. The molecule has 0 unspecified atom stereocenters. The molecule has 0 radical (unpaired) electrons. The molecule has 0 fully saturated rings. The predicted octanol–water partition coefficient (Wildman–Crippen LogP) is 3.69. The Morgan fingerprint density at radius 2 is 2.07 bits per heavy atom. The quantitative estimate of drug-likeness (QED) is 0.790. The summed E-state index contributed by atoms with van der Waals surface area (Å²) in [5, 5.41) is 1.26. The average molecular weight is 227 g/mol. The third-order valence-electron chi connectivity index (χ3n) is 1.99. The molecular weight excluding hydrogens is 219 g/mol. The van der Waals surface area contributed by atoms with Crippen LogP contribution in [0.2, 0.25) is 10.0 Å². The van der Waals surface area contributed by atoms with E-state index in [1.165, 1.54) is 0 Å². The molecule has 0 saturated heterocycles. The number of aromatic amines is 1. The Hall–Kier alpha value is -0.990. The van der Waals surface area contributed by atoms with Crippen molar-refractivity contribution < 1.29 is 0 Å². The van der Waals surface area contributed by atoms with Crippen molar-refractivity contribution in [3.05, 3.63) is 40.1 Å². The van der Waals surface area contributed by atoms with Crippen molar-refractivity contribution in [1.29, 1.82) is 0 Å². The van der Waals surface area contributed by atoms with Crippen LogP contribution < -0.4 is 0 Å². The minimum Gasteiger partial charge on any atom is -0.345 e. The van der Waals surface area contributed by atoms with E-state index in [0.29, 0.717) is 10.0 Å². The van der Waals surface area contributed by atoms with E-state index in [2.05, 4.69) is 9.97 Å². The highest BCUT2D eigenvalue weighted by molar-refractivity contribution is 6.36. The van der Waals surface area contributed by atoms with Gasteiger partial charge in [-0.05, 0) is 24.6 Å². The Labute approximate surface area is 91.9 Å². The molecule has 0 aliphatic heterocycles. The van der Waals surface area contributed by atoms with Crippen molar-refractivity contribution >= 4 is 23.2 Å². The molecule has 0 atom stereocenters. The maximum atomic E-state index is 6.08. The fourth-order valence-electron chi connectivity index (χ4n) is 1.40. The minimum atomic E-state index is 0.616. The number of nitrogens with zero attached hydrogens (tertiary/aromatic N) is 1. The van der Waals surface area contributed by atoms with Gasteiger partial charge in [0.25, 0.3) is 0 Å². The predicted molar refractivity (Wildman–Crippen MR) is 58.8 cm³/mol. The zero-order valence-corrected chi connectivity index (χ0v) is 9.02. The molecule has 14 heavy (non-hydrogen) atoms. The number of benzene rings is 1. The van der Waals surface area contributed by atoms with E-state index in [9.17, 15) is 0 Å². The van der Waals surface area contributed by atoms with Crippen LogP contribution in [0.4, 0.5) is 0 Å². The molecule has 72 valence electrons. The van der Waals surface area contributed by atoms with Gasteiger partial charge in [-0.15, -0.1) is 0 Å². The van der Waals surface area contributed by atoms with Crippen LogP contribution in [0, 0.1) is 6.92 Å². The van der Waals surface area contributed by atoms with Gasteiger partial charge in [0, 0.05) is 23.0 Å². The van der Waals surface area contributed by atoms with E-state index in [4.69, 9.17) is 23.2 Å². The number of aromatic nitrogens is 2. The van der Waals surface area contributed by atoms with Crippen LogP contribution in [0.25, 0.3) is 11.4 Å². The highest BCUT2D eigenvalue weighted by Crippen LogP contribution is 2.31. The standard InChI is InChI=1S/C10H8Cl2N2/c1-6-4-7(11)5-8(12)9(6)10-13-2-3-14-10/h2-5H,1H3,(H,13,14). The van der Waals surface area contributed by atoms with Crippen LogP contribution in [0.1, 0.15) is 5.56 Å². The van der Waals surface area contributed by atoms with Gasteiger partial charge in [0.05, 0.1) is 5.02 Å². The molecule has 1 aromatic carbocycles. The first-order valence-corrected chi connectivity index (χ1v) is 4.89. The van der Waals surface area contributed by atoms with Crippen LogP contribution in [0.3, 0.4) is 0 Å². The first-order chi connectivity index (χ1) is 6.68. The molecule has 2 nitrogen and oxygen atoms in total. The Kier molecular flexibility index (Phi) is 2.48. The first kappa shape index (κ1) is 9.56. The van der Waals surface area contributed by atoms with Gasteiger partial charge < -0.3 is 4.98 Å². The van der Waals surface area contributed by atoms with E-state index in [-0.39, 0.29) is 0 Å². The fourth-order valence-corrected chi connectivity index (χ4v) is 2.09. The number of rotatable bonds is 1. The van der Waals surface area contributed by atoms with Crippen molar-refractivity contribution in [2.75, 3.05) is 0 Å². The lowest BCUT2D eigenvalue weighted by molar-refractivity contribution is 1.29. The zero-order valence-electron chi connectivity index (χ0n) is 7.51. The fraction of sp³-hybridized carbons (Fsp3) is 0.100. The van der Waals surface area contributed by atoms with Crippen molar-refractivity contribution in [3.63, 3.8) is 0 Å². The SMILES string of the molecule is Cc1cc(Cl)cc(Cl)c1-c1ncc[nH]1. The number of nitrogens with one attached hydrogen (secondary N) is 1. The summed E-state index contributed by atoms with van der Waals surface area (Å²) in [6.45, 7) is 1.95. The summed E-state index contributed by atoms with van der Waals surface area (Å²) < 4.78 is 0. The number of hydrogen-bond acceptors (Lipinski definition) is 1. The largest absolute Gasteiger partial charge is 0.345 e. The number of halogens is 2. The van der Waals surface area contributed by atoms with Crippen LogP contribution in [-0.2, 0) is 0 Å². The van der Waals surface area contributed by atoms with E-state index in [1.807, 2.05) is 13.0 Å². The molecule has 2 rings (SSSR count). The molecule has 2 aromatic rings. The molecule has 0 amide bonds. The van der Waals surface area contributed by atoms with Gasteiger partial charge in [0.15, 0.2) is 0 Å². The smallest absolute Gasteiger partial charge is 0.139 e. The van der Waals surface area contributed by atoms with Gasteiger partial charge in [-0.25, -0.2) is 4.98 Å². The van der Waals surface area contributed by atoms with Crippen LogP contribution in [0.15, 0.2) is 24.5 Å². The van der Waals surface area contributed by atoms with E-state index < -0.39 is 0 Å². The minimum absolute atomic E-state index is 0.616. The van der Waals surface area contributed by atoms with Crippen molar-refractivity contribution in [3.8, 4) is 11.4 Å². The summed E-state index contributed by atoms with van der Waals surface area (Å²) in [6.07, 6.45) is 3.46. The molecule has 0 aliphatic carbocycles. The normalized spacial score (nSPS) is 10.5. The second-order valence-electron chi connectivity index (χ2n) is 3.02. The molecule has 0 bridgehead atoms. The maximum absolute atomic E-state index is 6.08. The Morgan fingerprint density at radius 1 is 1.29 bits per heavy atom. The zero-order chi connectivity index (χ0) is 10.1. The van der Waals surface area contributed by atoms with Crippen molar-refractivity contribution in [2.24, 2.45) is 0 Å². The van der Waals surface area contributed by atoms with E-state index >= 15 is 0 Å². The topological polar surface area (TPSA) is 28.7 Å². The summed E-state index contributed by atoms with van der Waals surface area (Å²) in [5.41, 5.74) is 1.92. The average Bonchev–Trinajstić information content (AvgIpc) is 2.54. The monoisotopic (exact) mass is 226 g/mol. The van der Waals surface area contributed by atoms with Gasteiger partial charge in [0.1, 0.15) is 5.82 Å². The Balaban J connectivity index is 2.64. The lowest BCUT2D eigenvalue weighted by Crippen LogP contribution is -1.87. The van der Waals surface area contributed by atoms with Gasteiger partial charge in [-0.1, -0.05) is 23.2 Å². The van der Waals surface area contributed by atoms with Crippen LogP contribution in [-0.4, -0.2) is 9.97 Å². The maximum Gasteiger partial charge on any atom is 0.139 e. The summed E-state index contributed by atoms with van der Waals surface area (Å²) in [4.78, 5) is 7.17. The van der Waals surface area contributed by atoms with Gasteiger partial charge in [0.2, 0.25) is 0 Å². The lowest BCUT2D eigenvalue weighted by Gasteiger charge is -2.05. The molecule has 0 spiro atoms. The Morgan fingerprint density at radius 3 is 2.64 bits per heavy atom. The molecule has 0 saturated carbocycles. The summed E-state index contributed by atoms with van der Waals surface area (Å²) >= 11 is 12.0. The van der Waals surface area contributed by atoms with Crippen molar-refractivity contribution in [2.45, 2.75) is 6.92 Å². The second-order valence-corrected chi connectivity index (χ2v) is 3.86. The van der Waals surface area contributed by atoms with Gasteiger partial charge >= 0.3 is 0 Å². The Bertz CT molecular complexity index is 426. The molecule has 1 aromatic heterocycles. The third kappa shape index (κ3) is 1.63. The van der Waals surface area contributed by atoms with Gasteiger partial charge in [-0.3, -0.25) is 0 Å². The number of H-pyrrole nitrogens is 1. The van der Waals surface area contributed by atoms with Crippen LogP contribution in [0.5, 0.6) is 0 Å².